The largest absolute Gasteiger partial charge is 0.385 e. The molecule has 0 aromatic heterocycles. The van der Waals surface area contributed by atoms with Crippen LogP contribution in [0.1, 0.15) is 12.8 Å². The van der Waals surface area contributed by atoms with Gasteiger partial charge in [-0.05, 0) is 24.6 Å². The van der Waals surface area contributed by atoms with Crippen LogP contribution in [0.15, 0.2) is 28.7 Å². The van der Waals surface area contributed by atoms with Crippen LogP contribution in [0.4, 0.5) is 5.69 Å². The quantitative estimate of drug-likeness (QED) is 0.807. The molecule has 0 aliphatic carbocycles. The monoisotopic (exact) mass is 270 g/mol. The highest BCUT2D eigenvalue weighted by molar-refractivity contribution is 9.10. The fourth-order valence-electron chi connectivity index (χ4n) is 1.21. The van der Waals surface area contributed by atoms with E-state index in [0.717, 1.165) is 23.1 Å². The highest BCUT2D eigenvalue weighted by Crippen LogP contribution is 2.15. The number of rotatable bonds is 5. The molecule has 0 saturated carbocycles. The number of nitrogens with one attached hydrogen (secondary N) is 2. The second-order valence-corrected chi connectivity index (χ2v) is 4.13. The molecule has 15 heavy (non-hydrogen) atoms. The minimum atomic E-state index is 0.0889. The van der Waals surface area contributed by atoms with Crippen molar-refractivity contribution in [3.05, 3.63) is 28.7 Å². The molecule has 1 aromatic rings. The van der Waals surface area contributed by atoms with Crippen molar-refractivity contribution in [2.45, 2.75) is 12.8 Å². The molecule has 0 bridgehead atoms. The maximum absolute atomic E-state index is 10.9. The Labute approximate surface area is 98.4 Å². The van der Waals surface area contributed by atoms with Crippen molar-refractivity contribution in [3.63, 3.8) is 0 Å². The van der Waals surface area contributed by atoms with Crippen molar-refractivity contribution in [2.24, 2.45) is 0 Å². The predicted molar refractivity (Wildman–Crippen MR) is 65.9 cm³/mol. The van der Waals surface area contributed by atoms with Crippen molar-refractivity contribution in [2.75, 3.05) is 18.9 Å². The zero-order valence-corrected chi connectivity index (χ0v) is 10.3. The zero-order chi connectivity index (χ0) is 11.1. The lowest BCUT2D eigenvalue weighted by molar-refractivity contribution is -0.120. The number of carbonyl (C=O) groups excluding carboxylic acids is 1. The Morgan fingerprint density at radius 1 is 1.47 bits per heavy atom. The van der Waals surface area contributed by atoms with Gasteiger partial charge in [-0.15, -0.1) is 0 Å². The van der Waals surface area contributed by atoms with E-state index in [1.54, 1.807) is 7.05 Å². The average Bonchev–Trinajstić information content (AvgIpc) is 2.24. The molecule has 0 aliphatic heterocycles. The number of hydrogen-bond donors (Lipinski definition) is 2. The molecule has 3 nitrogen and oxygen atoms in total. The molecular weight excluding hydrogens is 256 g/mol. The molecule has 0 radical (unpaired) electrons. The highest BCUT2D eigenvalue weighted by atomic mass is 79.9. The standard InChI is InChI=1S/C11H15BrN2O/c1-13-11(15)6-3-7-14-10-5-2-4-9(12)8-10/h2,4-5,8,14H,3,6-7H2,1H3,(H,13,15). The summed E-state index contributed by atoms with van der Waals surface area (Å²) in [5.41, 5.74) is 1.07. The van der Waals surface area contributed by atoms with E-state index < -0.39 is 0 Å². The van der Waals surface area contributed by atoms with E-state index in [9.17, 15) is 4.79 Å². The molecule has 0 atom stereocenters. The van der Waals surface area contributed by atoms with E-state index in [1.807, 2.05) is 24.3 Å². The minimum absolute atomic E-state index is 0.0889. The normalized spacial score (nSPS) is 9.73. The Hall–Kier alpha value is -1.03. The average molecular weight is 271 g/mol. The number of benzene rings is 1. The first-order valence-corrected chi connectivity index (χ1v) is 5.71. The van der Waals surface area contributed by atoms with Gasteiger partial charge in [-0.2, -0.15) is 0 Å². The minimum Gasteiger partial charge on any atom is -0.385 e. The summed E-state index contributed by atoms with van der Waals surface area (Å²) in [6.45, 7) is 0.809. The number of hydrogen-bond acceptors (Lipinski definition) is 2. The topological polar surface area (TPSA) is 41.1 Å². The molecule has 4 heteroatoms. The van der Waals surface area contributed by atoms with Gasteiger partial charge in [0.25, 0.3) is 0 Å². The summed E-state index contributed by atoms with van der Waals surface area (Å²) in [5.74, 6) is 0.0889. The lowest BCUT2D eigenvalue weighted by Crippen LogP contribution is -2.18. The molecule has 0 saturated heterocycles. The SMILES string of the molecule is CNC(=O)CCCNc1cccc(Br)c1. The third-order valence-corrected chi connectivity index (χ3v) is 2.51. The van der Waals surface area contributed by atoms with Gasteiger partial charge in [0.05, 0.1) is 0 Å². The lowest BCUT2D eigenvalue weighted by atomic mass is 10.2. The number of halogens is 1. The maximum atomic E-state index is 10.9. The van der Waals surface area contributed by atoms with Crippen molar-refractivity contribution >= 4 is 27.5 Å². The second-order valence-electron chi connectivity index (χ2n) is 3.21. The summed E-state index contributed by atoms with van der Waals surface area (Å²) < 4.78 is 1.05. The second kappa shape index (κ2) is 6.45. The smallest absolute Gasteiger partial charge is 0.219 e. The van der Waals surface area contributed by atoms with Crippen LogP contribution >= 0.6 is 15.9 Å². The van der Waals surface area contributed by atoms with Crippen molar-refractivity contribution in [3.8, 4) is 0 Å². The molecule has 0 unspecified atom stereocenters. The maximum Gasteiger partial charge on any atom is 0.219 e. The van der Waals surface area contributed by atoms with Crippen LogP contribution in [-0.4, -0.2) is 19.5 Å². The molecule has 0 aliphatic rings. The van der Waals surface area contributed by atoms with E-state index >= 15 is 0 Å². The fourth-order valence-corrected chi connectivity index (χ4v) is 1.60. The van der Waals surface area contributed by atoms with Crippen molar-refractivity contribution in [1.82, 2.24) is 5.32 Å². The van der Waals surface area contributed by atoms with Crippen molar-refractivity contribution in [1.29, 1.82) is 0 Å². The van der Waals surface area contributed by atoms with E-state index in [4.69, 9.17) is 0 Å². The van der Waals surface area contributed by atoms with Crippen LogP contribution in [0.3, 0.4) is 0 Å². The van der Waals surface area contributed by atoms with Gasteiger partial charge in [-0.25, -0.2) is 0 Å². The molecule has 0 fully saturated rings. The van der Waals surface area contributed by atoms with Crippen LogP contribution in [-0.2, 0) is 4.79 Å². The summed E-state index contributed by atoms with van der Waals surface area (Å²) >= 11 is 3.40. The number of amides is 1. The zero-order valence-electron chi connectivity index (χ0n) is 8.72. The molecule has 1 rings (SSSR count). The Morgan fingerprint density at radius 2 is 2.27 bits per heavy atom. The van der Waals surface area contributed by atoms with E-state index in [-0.39, 0.29) is 5.91 Å². The van der Waals surface area contributed by atoms with Crippen LogP contribution in [0.2, 0.25) is 0 Å². The summed E-state index contributed by atoms with van der Waals surface area (Å²) in [6.07, 6.45) is 1.41. The first-order chi connectivity index (χ1) is 7.22. The summed E-state index contributed by atoms with van der Waals surface area (Å²) in [6, 6.07) is 7.98. The predicted octanol–water partition coefficient (Wildman–Crippen LogP) is 2.39. The van der Waals surface area contributed by atoms with Crippen molar-refractivity contribution < 1.29 is 4.79 Å². The molecule has 1 amide bonds. The fraction of sp³-hybridized carbons (Fsp3) is 0.364. The van der Waals surface area contributed by atoms with Gasteiger partial charge in [-0.3, -0.25) is 4.79 Å². The molecule has 1 aromatic carbocycles. The van der Waals surface area contributed by atoms with Gasteiger partial charge >= 0.3 is 0 Å². The lowest BCUT2D eigenvalue weighted by Gasteiger charge is -2.06. The Bertz CT molecular complexity index is 328. The molecule has 0 heterocycles. The van der Waals surface area contributed by atoms with Gasteiger partial charge in [0, 0.05) is 30.2 Å². The Morgan fingerprint density at radius 3 is 2.93 bits per heavy atom. The molecular formula is C11H15BrN2O. The van der Waals surface area contributed by atoms with E-state index in [2.05, 4.69) is 26.6 Å². The van der Waals surface area contributed by atoms with Gasteiger partial charge < -0.3 is 10.6 Å². The van der Waals surface area contributed by atoms with E-state index in [1.165, 1.54) is 0 Å². The van der Waals surface area contributed by atoms with Crippen LogP contribution in [0.5, 0.6) is 0 Å². The summed E-state index contributed by atoms with van der Waals surface area (Å²) in [4.78, 5) is 10.9. The van der Waals surface area contributed by atoms with Crippen LogP contribution < -0.4 is 10.6 Å². The Balaban J connectivity index is 2.23. The van der Waals surface area contributed by atoms with E-state index in [0.29, 0.717) is 6.42 Å². The van der Waals surface area contributed by atoms with Crippen LogP contribution in [0.25, 0.3) is 0 Å². The first kappa shape index (κ1) is 12.0. The Kier molecular flexibility index (Phi) is 5.18. The van der Waals surface area contributed by atoms with Gasteiger partial charge in [0.1, 0.15) is 0 Å². The molecule has 2 N–H and O–H groups in total. The summed E-state index contributed by atoms with van der Waals surface area (Å²) in [7, 11) is 1.66. The molecule has 0 spiro atoms. The van der Waals surface area contributed by atoms with Gasteiger partial charge in [-0.1, -0.05) is 22.0 Å². The third-order valence-electron chi connectivity index (χ3n) is 2.01. The highest BCUT2D eigenvalue weighted by Gasteiger charge is 1.97. The number of carbonyl (C=O) groups is 1. The molecule has 82 valence electrons. The van der Waals surface area contributed by atoms with Crippen LogP contribution in [0, 0.1) is 0 Å². The summed E-state index contributed by atoms with van der Waals surface area (Å²) in [5, 5.41) is 5.85. The third kappa shape index (κ3) is 4.83. The van der Waals surface area contributed by atoms with Gasteiger partial charge in [0.2, 0.25) is 5.91 Å². The first-order valence-electron chi connectivity index (χ1n) is 4.92. The van der Waals surface area contributed by atoms with Gasteiger partial charge in [0.15, 0.2) is 0 Å². The number of anilines is 1.